The first-order chi connectivity index (χ1) is 16.5. The van der Waals surface area contributed by atoms with Crippen LogP contribution in [0.15, 0.2) is 29.0 Å². The van der Waals surface area contributed by atoms with Crippen molar-refractivity contribution in [2.24, 2.45) is 5.92 Å². The summed E-state index contributed by atoms with van der Waals surface area (Å²) in [6.45, 7) is 1.99. The number of hydrogen-bond acceptors (Lipinski definition) is 6. The Morgan fingerprint density at radius 3 is 2.86 bits per heavy atom. The van der Waals surface area contributed by atoms with E-state index in [1.54, 1.807) is 17.4 Å². The predicted octanol–water partition coefficient (Wildman–Crippen LogP) is 3.56. The molecule has 1 aromatic heterocycles. The molecule has 2 aromatic rings. The van der Waals surface area contributed by atoms with E-state index in [2.05, 4.69) is 21.7 Å². The Kier molecular flexibility index (Phi) is 5.64. The maximum atomic E-state index is 12.9. The minimum Gasteiger partial charge on any atom is -0.504 e. The molecule has 6 nitrogen and oxygen atoms in total. The number of carbonyl (C=O) groups is 1. The van der Waals surface area contributed by atoms with Gasteiger partial charge in [0.15, 0.2) is 11.5 Å². The number of phenolic OH excluding ortho intramolecular Hbond substituents is 1. The highest BCUT2D eigenvalue weighted by Crippen LogP contribution is 2.65. The number of aliphatic hydroxyl groups is 1. The molecule has 1 saturated heterocycles. The number of amides is 1. The van der Waals surface area contributed by atoms with Crippen LogP contribution < -0.4 is 10.1 Å². The van der Waals surface area contributed by atoms with Gasteiger partial charge in [-0.3, -0.25) is 9.69 Å². The Labute approximate surface area is 216 Å². The molecular weight excluding hydrogens is 484 g/mol. The van der Waals surface area contributed by atoms with Crippen molar-refractivity contribution >= 4 is 29.7 Å². The van der Waals surface area contributed by atoms with Crippen LogP contribution in [0.4, 0.5) is 0 Å². The van der Waals surface area contributed by atoms with E-state index in [0.717, 1.165) is 43.8 Å². The SMILES string of the molecule is Cl.O=C(CCc1ccsc1)N[C@H]1CC[C@@]2(O)[C@H]3Cc4ccc(O)c5c4[C@@]2(CCN3CC2CC2)[C@H]1O5. The van der Waals surface area contributed by atoms with E-state index in [0.29, 0.717) is 25.0 Å². The normalized spacial score (nSPS) is 34.5. The van der Waals surface area contributed by atoms with Gasteiger partial charge in [-0.25, -0.2) is 0 Å². The van der Waals surface area contributed by atoms with Crippen molar-refractivity contribution in [3.8, 4) is 11.5 Å². The molecule has 2 saturated carbocycles. The monoisotopic (exact) mass is 516 g/mol. The molecule has 1 amide bonds. The molecule has 3 heterocycles. The second kappa shape index (κ2) is 8.37. The zero-order valence-electron chi connectivity index (χ0n) is 19.7. The second-order valence-electron chi connectivity index (χ2n) is 11.1. The summed E-state index contributed by atoms with van der Waals surface area (Å²) in [6, 6.07) is 5.71. The van der Waals surface area contributed by atoms with Gasteiger partial charge >= 0.3 is 0 Å². The highest BCUT2D eigenvalue weighted by atomic mass is 35.5. The lowest BCUT2D eigenvalue weighted by molar-refractivity contribution is -0.192. The van der Waals surface area contributed by atoms with Crippen LogP contribution in [0.25, 0.3) is 0 Å². The van der Waals surface area contributed by atoms with Crippen LogP contribution >= 0.6 is 23.7 Å². The Hall–Kier alpha value is -1.80. The van der Waals surface area contributed by atoms with E-state index < -0.39 is 11.0 Å². The van der Waals surface area contributed by atoms with Crippen LogP contribution in [-0.2, 0) is 23.1 Å². The van der Waals surface area contributed by atoms with Crippen molar-refractivity contribution in [1.82, 2.24) is 10.2 Å². The van der Waals surface area contributed by atoms with E-state index in [-0.39, 0.29) is 42.3 Å². The highest BCUT2D eigenvalue weighted by Gasteiger charge is 2.73. The molecule has 8 heteroatoms. The number of phenols is 1. The van der Waals surface area contributed by atoms with Gasteiger partial charge in [0.05, 0.1) is 17.1 Å². The topological polar surface area (TPSA) is 82.0 Å². The summed E-state index contributed by atoms with van der Waals surface area (Å²) in [5.74, 6) is 1.48. The zero-order valence-corrected chi connectivity index (χ0v) is 21.4. The lowest BCUT2D eigenvalue weighted by Crippen LogP contribution is -2.78. The minimum atomic E-state index is -0.908. The Morgan fingerprint density at radius 2 is 2.09 bits per heavy atom. The molecule has 1 aromatic carbocycles. The number of hydrogen-bond donors (Lipinski definition) is 3. The second-order valence-corrected chi connectivity index (χ2v) is 11.9. The smallest absolute Gasteiger partial charge is 0.220 e. The number of piperidine rings is 1. The number of ether oxygens (including phenoxy) is 1. The summed E-state index contributed by atoms with van der Waals surface area (Å²) < 4.78 is 6.53. The number of likely N-dealkylation sites (tertiary alicyclic amines) is 1. The molecule has 188 valence electrons. The van der Waals surface area contributed by atoms with E-state index in [9.17, 15) is 15.0 Å². The Morgan fingerprint density at radius 1 is 1.23 bits per heavy atom. The average molecular weight is 517 g/mol. The van der Waals surface area contributed by atoms with Gasteiger partial charge in [-0.15, -0.1) is 12.4 Å². The lowest BCUT2D eigenvalue weighted by atomic mass is 9.48. The third-order valence-corrected chi connectivity index (χ3v) is 10.1. The standard InChI is InChI=1S/C27H32N2O4S.ClH/c30-20-5-4-18-13-21-27(32)9-7-19(28-22(31)6-3-17-8-12-34-15-17)25-26(27,23(18)24(20)33-25)10-11-29(21)14-16-1-2-16;/h4-5,8,12,15-16,19,21,25,30,32H,1-3,6-7,9-11,13-14H2,(H,28,31);1H/t19-,21+,25-,26-,27+;/m0./s1. The van der Waals surface area contributed by atoms with Crippen LogP contribution in [0.3, 0.4) is 0 Å². The molecule has 3 N–H and O–H groups in total. The summed E-state index contributed by atoms with van der Waals surface area (Å²) >= 11 is 1.65. The van der Waals surface area contributed by atoms with Gasteiger partial charge in [-0.05, 0) is 91.4 Å². The van der Waals surface area contributed by atoms with Crippen molar-refractivity contribution in [2.75, 3.05) is 13.1 Å². The van der Waals surface area contributed by atoms with E-state index in [1.807, 2.05) is 11.4 Å². The average Bonchev–Trinajstić information content (AvgIpc) is 3.33. The summed E-state index contributed by atoms with van der Waals surface area (Å²) in [7, 11) is 0. The fourth-order valence-electron chi connectivity index (χ4n) is 7.60. The number of nitrogens with one attached hydrogen (secondary N) is 1. The van der Waals surface area contributed by atoms with E-state index >= 15 is 0 Å². The number of thiophene rings is 1. The molecule has 0 radical (unpaired) electrons. The number of aromatic hydroxyl groups is 1. The van der Waals surface area contributed by atoms with Crippen molar-refractivity contribution in [3.05, 3.63) is 45.6 Å². The number of halogens is 1. The number of benzene rings is 1. The van der Waals surface area contributed by atoms with Crippen molar-refractivity contribution in [1.29, 1.82) is 0 Å². The summed E-state index contributed by atoms with van der Waals surface area (Å²) in [5, 5.41) is 30.6. The van der Waals surface area contributed by atoms with E-state index in [4.69, 9.17) is 4.74 Å². The van der Waals surface area contributed by atoms with Gasteiger partial charge in [0.25, 0.3) is 0 Å². The van der Waals surface area contributed by atoms with Crippen molar-refractivity contribution < 1.29 is 19.7 Å². The molecular formula is C27H33ClN2O4S. The maximum absolute atomic E-state index is 12.9. The minimum absolute atomic E-state index is 0. The van der Waals surface area contributed by atoms with Crippen molar-refractivity contribution in [3.63, 3.8) is 0 Å². The molecule has 35 heavy (non-hydrogen) atoms. The molecule has 5 atom stereocenters. The molecule has 1 spiro atoms. The lowest BCUT2D eigenvalue weighted by Gasteiger charge is -2.64. The van der Waals surface area contributed by atoms with Crippen LogP contribution in [0.2, 0.25) is 0 Å². The predicted molar refractivity (Wildman–Crippen MR) is 137 cm³/mol. The summed E-state index contributed by atoms with van der Waals surface area (Å²) in [5.41, 5.74) is 1.90. The highest BCUT2D eigenvalue weighted by molar-refractivity contribution is 7.07. The fourth-order valence-corrected chi connectivity index (χ4v) is 8.30. The molecule has 3 aliphatic carbocycles. The Bertz CT molecular complexity index is 1140. The summed E-state index contributed by atoms with van der Waals surface area (Å²) in [6.07, 6.45) is 6.32. The molecule has 2 bridgehead atoms. The number of aryl methyl sites for hydroxylation is 1. The van der Waals surface area contributed by atoms with Crippen LogP contribution in [0, 0.1) is 5.92 Å². The van der Waals surface area contributed by atoms with Crippen LogP contribution in [-0.4, -0.2) is 57.9 Å². The third-order valence-electron chi connectivity index (χ3n) is 9.33. The molecule has 7 rings (SSSR count). The van der Waals surface area contributed by atoms with Gasteiger partial charge < -0.3 is 20.3 Å². The maximum Gasteiger partial charge on any atom is 0.220 e. The molecule has 0 unspecified atom stereocenters. The molecule has 3 fully saturated rings. The Balaban J connectivity index is 0.00000229. The third kappa shape index (κ3) is 3.38. The van der Waals surface area contributed by atoms with Crippen LogP contribution in [0.1, 0.15) is 55.2 Å². The van der Waals surface area contributed by atoms with Gasteiger partial charge in [-0.1, -0.05) is 6.07 Å². The number of carbonyl (C=O) groups excluding carboxylic acids is 1. The largest absolute Gasteiger partial charge is 0.504 e. The van der Waals surface area contributed by atoms with Crippen molar-refractivity contribution in [2.45, 2.75) is 80.6 Å². The number of nitrogens with zero attached hydrogens (tertiary/aromatic N) is 1. The first-order valence-electron chi connectivity index (χ1n) is 12.8. The van der Waals surface area contributed by atoms with Gasteiger partial charge in [0.2, 0.25) is 5.91 Å². The summed E-state index contributed by atoms with van der Waals surface area (Å²) in [4.78, 5) is 15.5. The fraction of sp³-hybridized carbons (Fsp3) is 0.593. The van der Waals surface area contributed by atoms with E-state index in [1.165, 1.54) is 24.0 Å². The van der Waals surface area contributed by atoms with Gasteiger partial charge in [0, 0.05) is 24.6 Å². The van der Waals surface area contributed by atoms with Gasteiger partial charge in [-0.2, -0.15) is 11.3 Å². The molecule has 2 aliphatic heterocycles. The molecule has 5 aliphatic rings. The first-order valence-corrected chi connectivity index (χ1v) is 13.7. The number of rotatable bonds is 6. The van der Waals surface area contributed by atoms with Crippen LogP contribution in [0.5, 0.6) is 11.5 Å². The zero-order chi connectivity index (χ0) is 23.1. The quantitative estimate of drug-likeness (QED) is 0.547. The van der Waals surface area contributed by atoms with Gasteiger partial charge in [0.1, 0.15) is 6.10 Å². The first kappa shape index (κ1) is 23.6.